The van der Waals surface area contributed by atoms with Gasteiger partial charge in [-0.2, -0.15) is 0 Å². The fourth-order valence-corrected chi connectivity index (χ4v) is 2.06. The highest BCUT2D eigenvalue weighted by Crippen LogP contribution is 2.49. The van der Waals surface area contributed by atoms with Crippen LogP contribution in [0.15, 0.2) is 0 Å². The van der Waals surface area contributed by atoms with Gasteiger partial charge in [0.05, 0.1) is 5.41 Å². The second kappa shape index (κ2) is 3.08. The standard InChI is InChI=1S/C10H18O2/c1-7(2)8(3)10(9(11)12)5-4-6-10/h7-8H,4-6H2,1-3H3,(H,11,12). The Morgan fingerprint density at radius 2 is 1.83 bits per heavy atom. The zero-order valence-electron chi connectivity index (χ0n) is 8.13. The highest BCUT2D eigenvalue weighted by atomic mass is 16.4. The molecular weight excluding hydrogens is 152 g/mol. The second-order valence-electron chi connectivity index (χ2n) is 4.35. The van der Waals surface area contributed by atoms with E-state index in [0.29, 0.717) is 11.8 Å². The first-order valence-electron chi connectivity index (χ1n) is 4.74. The predicted octanol–water partition coefficient (Wildman–Crippen LogP) is 2.53. The summed E-state index contributed by atoms with van der Waals surface area (Å²) in [4.78, 5) is 11.0. The number of hydrogen-bond donors (Lipinski definition) is 1. The van der Waals surface area contributed by atoms with E-state index in [2.05, 4.69) is 20.8 Å². The maximum Gasteiger partial charge on any atom is 0.309 e. The maximum absolute atomic E-state index is 11.0. The van der Waals surface area contributed by atoms with Crippen LogP contribution in [0.2, 0.25) is 0 Å². The zero-order chi connectivity index (χ0) is 9.35. The van der Waals surface area contributed by atoms with Gasteiger partial charge in [-0.3, -0.25) is 4.79 Å². The zero-order valence-corrected chi connectivity index (χ0v) is 8.13. The summed E-state index contributed by atoms with van der Waals surface area (Å²) < 4.78 is 0. The predicted molar refractivity (Wildman–Crippen MR) is 47.9 cm³/mol. The summed E-state index contributed by atoms with van der Waals surface area (Å²) in [7, 11) is 0. The number of rotatable bonds is 3. The number of aliphatic carboxylic acids is 1. The summed E-state index contributed by atoms with van der Waals surface area (Å²) in [6, 6.07) is 0. The molecule has 1 aliphatic carbocycles. The van der Waals surface area contributed by atoms with Crippen LogP contribution in [-0.4, -0.2) is 11.1 Å². The van der Waals surface area contributed by atoms with E-state index in [1.54, 1.807) is 0 Å². The molecule has 1 aliphatic rings. The third-order valence-electron chi connectivity index (χ3n) is 3.54. The number of carboxylic acid groups (broad SMARTS) is 1. The minimum absolute atomic E-state index is 0.309. The molecule has 0 aromatic rings. The Bertz CT molecular complexity index is 180. The molecule has 0 saturated heterocycles. The van der Waals surface area contributed by atoms with Gasteiger partial charge in [-0.1, -0.05) is 27.2 Å². The third kappa shape index (κ3) is 1.23. The van der Waals surface area contributed by atoms with Crippen molar-refractivity contribution in [3.8, 4) is 0 Å². The van der Waals surface area contributed by atoms with Crippen LogP contribution < -0.4 is 0 Å². The third-order valence-corrected chi connectivity index (χ3v) is 3.54. The van der Waals surface area contributed by atoms with Crippen molar-refractivity contribution in [1.29, 1.82) is 0 Å². The monoisotopic (exact) mass is 170 g/mol. The van der Waals surface area contributed by atoms with E-state index in [9.17, 15) is 4.79 Å². The molecule has 1 rings (SSSR count). The van der Waals surface area contributed by atoms with E-state index in [0.717, 1.165) is 19.3 Å². The largest absolute Gasteiger partial charge is 0.481 e. The van der Waals surface area contributed by atoms with Crippen LogP contribution in [0.4, 0.5) is 0 Å². The van der Waals surface area contributed by atoms with E-state index in [1.807, 2.05) is 0 Å². The van der Waals surface area contributed by atoms with Crippen LogP contribution in [-0.2, 0) is 4.79 Å². The molecule has 0 aromatic carbocycles. The van der Waals surface area contributed by atoms with Crippen molar-refractivity contribution >= 4 is 5.97 Å². The maximum atomic E-state index is 11.0. The Morgan fingerprint density at radius 1 is 1.33 bits per heavy atom. The van der Waals surface area contributed by atoms with Crippen LogP contribution in [0, 0.1) is 17.3 Å². The summed E-state index contributed by atoms with van der Waals surface area (Å²) in [6.07, 6.45) is 2.84. The Morgan fingerprint density at radius 3 is 1.92 bits per heavy atom. The fraction of sp³-hybridized carbons (Fsp3) is 0.900. The van der Waals surface area contributed by atoms with Crippen LogP contribution in [0.25, 0.3) is 0 Å². The summed E-state index contributed by atoms with van der Waals surface area (Å²) in [5.41, 5.74) is -0.381. The molecule has 1 N–H and O–H groups in total. The number of carbonyl (C=O) groups is 1. The van der Waals surface area contributed by atoms with Gasteiger partial charge in [0, 0.05) is 0 Å². The van der Waals surface area contributed by atoms with Crippen LogP contribution in [0.5, 0.6) is 0 Å². The summed E-state index contributed by atoms with van der Waals surface area (Å²) in [6.45, 7) is 6.28. The van der Waals surface area contributed by atoms with Gasteiger partial charge in [0.25, 0.3) is 0 Å². The van der Waals surface area contributed by atoms with Crippen molar-refractivity contribution in [3.05, 3.63) is 0 Å². The minimum Gasteiger partial charge on any atom is -0.481 e. The molecule has 2 nitrogen and oxygen atoms in total. The highest BCUT2D eigenvalue weighted by molar-refractivity contribution is 5.76. The SMILES string of the molecule is CC(C)C(C)C1(C(=O)O)CCC1. The topological polar surface area (TPSA) is 37.3 Å². The van der Waals surface area contributed by atoms with E-state index in [-0.39, 0.29) is 5.41 Å². The lowest BCUT2D eigenvalue weighted by Gasteiger charge is -2.44. The average Bonchev–Trinajstić information content (AvgIpc) is 1.83. The van der Waals surface area contributed by atoms with Crippen molar-refractivity contribution in [2.24, 2.45) is 17.3 Å². The molecular formula is C10H18O2. The van der Waals surface area contributed by atoms with Crippen LogP contribution in [0.1, 0.15) is 40.0 Å². The molecule has 70 valence electrons. The Hall–Kier alpha value is -0.530. The summed E-state index contributed by atoms with van der Waals surface area (Å²) >= 11 is 0. The summed E-state index contributed by atoms with van der Waals surface area (Å²) in [5, 5.41) is 9.10. The molecule has 0 heterocycles. The average molecular weight is 170 g/mol. The Kier molecular flexibility index (Phi) is 2.45. The smallest absolute Gasteiger partial charge is 0.309 e. The summed E-state index contributed by atoms with van der Waals surface area (Å²) in [5.74, 6) is 0.195. The van der Waals surface area contributed by atoms with Crippen LogP contribution in [0.3, 0.4) is 0 Å². The number of carboxylic acids is 1. The molecule has 2 heteroatoms. The van der Waals surface area contributed by atoms with Crippen molar-refractivity contribution in [2.75, 3.05) is 0 Å². The molecule has 0 spiro atoms. The van der Waals surface area contributed by atoms with E-state index in [1.165, 1.54) is 0 Å². The molecule has 1 saturated carbocycles. The van der Waals surface area contributed by atoms with E-state index >= 15 is 0 Å². The first-order chi connectivity index (χ1) is 5.50. The van der Waals surface area contributed by atoms with Gasteiger partial charge < -0.3 is 5.11 Å². The highest BCUT2D eigenvalue weighted by Gasteiger charge is 2.49. The van der Waals surface area contributed by atoms with Gasteiger partial charge in [0.15, 0.2) is 0 Å². The van der Waals surface area contributed by atoms with Crippen molar-refractivity contribution in [2.45, 2.75) is 40.0 Å². The lowest BCUT2D eigenvalue weighted by molar-refractivity contribution is -0.161. The molecule has 1 unspecified atom stereocenters. The normalized spacial score (nSPS) is 23.3. The quantitative estimate of drug-likeness (QED) is 0.706. The molecule has 0 bridgehead atoms. The first-order valence-corrected chi connectivity index (χ1v) is 4.74. The van der Waals surface area contributed by atoms with Crippen molar-refractivity contribution < 1.29 is 9.90 Å². The van der Waals surface area contributed by atoms with E-state index in [4.69, 9.17) is 5.11 Å². The van der Waals surface area contributed by atoms with Gasteiger partial charge in [-0.25, -0.2) is 0 Å². The molecule has 1 fully saturated rings. The Labute approximate surface area is 74.0 Å². The molecule has 1 atom stereocenters. The lowest BCUT2D eigenvalue weighted by atomic mass is 9.59. The molecule has 0 aliphatic heterocycles. The van der Waals surface area contributed by atoms with Gasteiger partial charge in [-0.05, 0) is 24.7 Å². The fourth-order valence-electron chi connectivity index (χ4n) is 2.06. The van der Waals surface area contributed by atoms with Gasteiger partial charge in [0.1, 0.15) is 0 Å². The molecule has 0 amide bonds. The number of hydrogen-bond acceptors (Lipinski definition) is 1. The minimum atomic E-state index is -0.588. The first kappa shape index (κ1) is 9.56. The van der Waals surface area contributed by atoms with Crippen molar-refractivity contribution in [3.63, 3.8) is 0 Å². The van der Waals surface area contributed by atoms with Gasteiger partial charge in [0.2, 0.25) is 0 Å². The molecule has 0 aromatic heterocycles. The molecule has 0 radical (unpaired) electrons. The van der Waals surface area contributed by atoms with Gasteiger partial charge >= 0.3 is 5.97 Å². The Balaban J connectivity index is 2.73. The van der Waals surface area contributed by atoms with Gasteiger partial charge in [-0.15, -0.1) is 0 Å². The second-order valence-corrected chi connectivity index (χ2v) is 4.35. The lowest BCUT2D eigenvalue weighted by Crippen LogP contribution is -2.45. The van der Waals surface area contributed by atoms with Crippen molar-refractivity contribution in [1.82, 2.24) is 0 Å². The van der Waals surface area contributed by atoms with Crippen LogP contribution >= 0.6 is 0 Å². The molecule has 12 heavy (non-hydrogen) atoms. The van der Waals surface area contributed by atoms with E-state index < -0.39 is 5.97 Å².